The summed E-state index contributed by atoms with van der Waals surface area (Å²) in [5, 5.41) is 0. The first-order valence-electron chi connectivity index (χ1n) is 4.27. The molecule has 1 fully saturated rings. The fourth-order valence-electron chi connectivity index (χ4n) is 2.39. The Morgan fingerprint density at radius 3 is 2.36 bits per heavy atom. The second-order valence-electron chi connectivity index (χ2n) is 4.35. The lowest BCUT2D eigenvalue weighted by Crippen LogP contribution is -2.44. The highest BCUT2D eigenvalue weighted by Crippen LogP contribution is 2.57. The summed E-state index contributed by atoms with van der Waals surface area (Å²) in [5.74, 6) is 1.03. The van der Waals surface area contributed by atoms with Crippen molar-refractivity contribution in [3.8, 4) is 0 Å². The Kier molecular flexibility index (Phi) is 1.14. The van der Waals surface area contributed by atoms with E-state index in [1.165, 1.54) is 12.0 Å². The molecule has 1 unspecified atom stereocenters. The monoisotopic (exact) mass is 150 g/mol. The average Bonchev–Trinajstić information content (AvgIpc) is 1.93. The molecule has 0 aliphatic heterocycles. The lowest BCUT2D eigenvalue weighted by Gasteiger charge is -2.51. The van der Waals surface area contributed by atoms with Gasteiger partial charge in [0.05, 0.1) is 0 Å². The Labute approximate surface area is 67.5 Å². The highest BCUT2D eigenvalue weighted by atomic mass is 16.1. The van der Waals surface area contributed by atoms with Crippen molar-refractivity contribution in [3.63, 3.8) is 0 Å². The Balaban J connectivity index is 2.47. The summed E-state index contributed by atoms with van der Waals surface area (Å²) in [7, 11) is 0. The van der Waals surface area contributed by atoms with E-state index in [1.54, 1.807) is 0 Å². The molecule has 0 saturated heterocycles. The minimum atomic E-state index is 0.345. The van der Waals surface area contributed by atoms with Crippen molar-refractivity contribution in [2.24, 2.45) is 11.3 Å². The number of carbonyl (C=O) groups is 1. The molecule has 2 bridgehead atoms. The molecule has 1 nitrogen and oxygen atoms in total. The van der Waals surface area contributed by atoms with Crippen LogP contribution < -0.4 is 0 Å². The number of carbonyl (C=O) groups excluding carboxylic acids is 1. The zero-order valence-electron chi connectivity index (χ0n) is 7.40. The number of hydrogen-bond donors (Lipinski definition) is 0. The Hall–Kier alpha value is -0.590. The summed E-state index contributed by atoms with van der Waals surface area (Å²) in [5.41, 5.74) is 2.81. The van der Waals surface area contributed by atoms with E-state index in [0.29, 0.717) is 17.1 Å². The number of Topliss-reactive ketones (excluding diaryl/α,β-unsaturated/α-hetero) is 1. The zero-order valence-corrected chi connectivity index (χ0v) is 7.40. The molecule has 0 aromatic carbocycles. The molecule has 11 heavy (non-hydrogen) atoms. The minimum absolute atomic E-state index is 0.345. The highest BCUT2D eigenvalue weighted by Gasteiger charge is 2.49. The second kappa shape index (κ2) is 1.77. The van der Waals surface area contributed by atoms with E-state index < -0.39 is 0 Å². The SMILES string of the molecule is CC1=C2CC(CC1=O)C2(C)C. The van der Waals surface area contributed by atoms with Crippen LogP contribution in [0.3, 0.4) is 0 Å². The molecule has 3 aliphatic carbocycles. The summed E-state index contributed by atoms with van der Waals surface area (Å²) >= 11 is 0. The van der Waals surface area contributed by atoms with Crippen molar-refractivity contribution in [3.05, 3.63) is 11.1 Å². The van der Waals surface area contributed by atoms with E-state index in [4.69, 9.17) is 0 Å². The van der Waals surface area contributed by atoms with Crippen LogP contribution in [0.4, 0.5) is 0 Å². The smallest absolute Gasteiger partial charge is 0.158 e. The van der Waals surface area contributed by atoms with Gasteiger partial charge in [-0.1, -0.05) is 19.4 Å². The average molecular weight is 150 g/mol. The fraction of sp³-hybridized carbons (Fsp3) is 0.700. The van der Waals surface area contributed by atoms with E-state index in [2.05, 4.69) is 13.8 Å². The minimum Gasteiger partial charge on any atom is -0.295 e. The number of ketones is 1. The van der Waals surface area contributed by atoms with Gasteiger partial charge >= 0.3 is 0 Å². The number of fused-ring (bicyclic) bond motifs is 2. The van der Waals surface area contributed by atoms with Gasteiger partial charge in [-0.05, 0) is 30.3 Å². The highest BCUT2D eigenvalue weighted by molar-refractivity contribution is 5.98. The molecule has 0 aromatic heterocycles. The molecule has 3 rings (SSSR count). The van der Waals surface area contributed by atoms with Gasteiger partial charge in [-0.2, -0.15) is 0 Å². The van der Waals surface area contributed by atoms with Gasteiger partial charge in [0, 0.05) is 6.42 Å². The van der Waals surface area contributed by atoms with Crippen molar-refractivity contribution >= 4 is 5.78 Å². The van der Waals surface area contributed by atoms with E-state index in [1.807, 2.05) is 6.92 Å². The number of hydrogen-bond acceptors (Lipinski definition) is 1. The molecule has 1 heteroatoms. The third kappa shape index (κ3) is 0.688. The third-order valence-corrected chi connectivity index (χ3v) is 3.55. The second-order valence-corrected chi connectivity index (χ2v) is 4.35. The van der Waals surface area contributed by atoms with Gasteiger partial charge in [0.2, 0.25) is 0 Å². The van der Waals surface area contributed by atoms with Crippen LogP contribution in [-0.2, 0) is 4.79 Å². The van der Waals surface area contributed by atoms with E-state index in [9.17, 15) is 4.79 Å². The molecule has 60 valence electrons. The zero-order chi connectivity index (χ0) is 8.22. The molecule has 0 N–H and O–H groups in total. The van der Waals surface area contributed by atoms with Gasteiger partial charge in [0.15, 0.2) is 5.78 Å². The summed E-state index contributed by atoms with van der Waals surface area (Å²) in [6, 6.07) is 0. The lowest BCUT2D eigenvalue weighted by atomic mass is 9.52. The molecule has 0 amide bonds. The molecule has 0 heterocycles. The fourth-order valence-corrected chi connectivity index (χ4v) is 2.39. The third-order valence-electron chi connectivity index (χ3n) is 3.55. The molecule has 0 aromatic rings. The van der Waals surface area contributed by atoms with E-state index >= 15 is 0 Å². The van der Waals surface area contributed by atoms with Crippen molar-refractivity contribution in [2.45, 2.75) is 33.6 Å². The van der Waals surface area contributed by atoms with Crippen LogP contribution in [0.2, 0.25) is 0 Å². The Morgan fingerprint density at radius 1 is 1.36 bits per heavy atom. The lowest BCUT2D eigenvalue weighted by molar-refractivity contribution is -0.119. The van der Waals surface area contributed by atoms with Crippen LogP contribution in [0.1, 0.15) is 33.6 Å². The summed E-state index contributed by atoms with van der Waals surface area (Å²) in [6.45, 7) is 6.49. The van der Waals surface area contributed by atoms with Crippen molar-refractivity contribution < 1.29 is 4.79 Å². The standard InChI is InChI=1S/C10H14O/c1-6-8-4-7(5-9(6)11)10(8,2)3/h7H,4-5H2,1-3H3. The summed E-state index contributed by atoms with van der Waals surface area (Å²) in [4.78, 5) is 11.3. The number of rotatable bonds is 0. The topological polar surface area (TPSA) is 17.1 Å². The Bertz CT molecular complexity index is 258. The molecule has 0 radical (unpaired) electrons. The maximum Gasteiger partial charge on any atom is 0.158 e. The van der Waals surface area contributed by atoms with Crippen LogP contribution in [0.25, 0.3) is 0 Å². The number of allylic oxidation sites excluding steroid dienone is 2. The normalized spacial score (nSPS) is 33.7. The first kappa shape index (κ1) is 7.08. The van der Waals surface area contributed by atoms with E-state index in [0.717, 1.165) is 12.0 Å². The molecule has 1 saturated carbocycles. The van der Waals surface area contributed by atoms with Gasteiger partial charge < -0.3 is 0 Å². The predicted octanol–water partition coefficient (Wildman–Crippen LogP) is 2.32. The van der Waals surface area contributed by atoms with Crippen molar-refractivity contribution in [1.82, 2.24) is 0 Å². The van der Waals surface area contributed by atoms with Crippen LogP contribution in [-0.4, -0.2) is 5.78 Å². The molecule has 3 aliphatic rings. The van der Waals surface area contributed by atoms with Crippen molar-refractivity contribution in [2.75, 3.05) is 0 Å². The van der Waals surface area contributed by atoms with E-state index in [-0.39, 0.29) is 0 Å². The molecule has 0 spiro atoms. The van der Waals surface area contributed by atoms with Crippen LogP contribution in [0, 0.1) is 11.3 Å². The molecular formula is C10H14O. The van der Waals surface area contributed by atoms with Crippen LogP contribution in [0.5, 0.6) is 0 Å². The van der Waals surface area contributed by atoms with Crippen LogP contribution >= 0.6 is 0 Å². The summed E-state index contributed by atoms with van der Waals surface area (Å²) in [6.07, 6.45) is 1.98. The van der Waals surface area contributed by atoms with Gasteiger partial charge in [-0.25, -0.2) is 0 Å². The van der Waals surface area contributed by atoms with Gasteiger partial charge in [0.1, 0.15) is 0 Å². The quantitative estimate of drug-likeness (QED) is 0.518. The van der Waals surface area contributed by atoms with Gasteiger partial charge in [0.25, 0.3) is 0 Å². The largest absolute Gasteiger partial charge is 0.295 e. The predicted molar refractivity (Wildman–Crippen MR) is 44.2 cm³/mol. The molecule has 1 atom stereocenters. The molecular weight excluding hydrogens is 136 g/mol. The Morgan fingerprint density at radius 2 is 2.00 bits per heavy atom. The first-order chi connectivity index (χ1) is 5.03. The van der Waals surface area contributed by atoms with Gasteiger partial charge in [-0.3, -0.25) is 4.79 Å². The summed E-state index contributed by atoms with van der Waals surface area (Å²) < 4.78 is 0. The van der Waals surface area contributed by atoms with Crippen molar-refractivity contribution in [1.29, 1.82) is 0 Å². The first-order valence-corrected chi connectivity index (χ1v) is 4.27. The van der Waals surface area contributed by atoms with Crippen LogP contribution in [0.15, 0.2) is 11.1 Å². The maximum atomic E-state index is 11.3. The maximum absolute atomic E-state index is 11.3. The van der Waals surface area contributed by atoms with Gasteiger partial charge in [-0.15, -0.1) is 0 Å².